The molecule has 2 heterocycles. The number of esters is 1. The molecule has 0 saturated heterocycles. The summed E-state index contributed by atoms with van der Waals surface area (Å²) in [7, 11) is 0. The molecule has 2 aromatic heterocycles. The van der Waals surface area contributed by atoms with E-state index >= 15 is 0 Å². The average molecular weight is 397 g/mol. The lowest BCUT2D eigenvalue weighted by atomic mass is 10.2. The Labute approximate surface area is 162 Å². The second kappa shape index (κ2) is 7.42. The Morgan fingerprint density at radius 1 is 1.19 bits per heavy atom. The van der Waals surface area contributed by atoms with Gasteiger partial charge in [0.25, 0.3) is 5.91 Å². The zero-order chi connectivity index (χ0) is 18.8. The topological polar surface area (TPSA) is 73.6 Å². The van der Waals surface area contributed by atoms with Crippen molar-refractivity contribution in [1.82, 2.24) is 9.55 Å². The van der Waals surface area contributed by atoms with E-state index in [1.54, 1.807) is 29.1 Å². The van der Waals surface area contributed by atoms with Crippen molar-refractivity contribution in [2.45, 2.75) is 13.5 Å². The first-order valence-electron chi connectivity index (χ1n) is 8.32. The van der Waals surface area contributed by atoms with Crippen molar-refractivity contribution >= 4 is 55.0 Å². The van der Waals surface area contributed by atoms with Crippen molar-refractivity contribution in [2.75, 3.05) is 6.61 Å². The minimum atomic E-state index is -0.360. The average Bonchev–Trinajstić information content (AvgIpc) is 3.26. The van der Waals surface area contributed by atoms with Gasteiger partial charge >= 0.3 is 5.97 Å². The van der Waals surface area contributed by atoms with E-state index in [1.807, 2.05) is 30.3 Å². The molecule has 0 spiro atoms. The van der Waals surface area contributed by atoms with Crippen LogP contribution in [-0.2, 0) is 16.1 Å². The van der Waals surface area contributed by atoms with E-state index in [-0.39, 0.29) is 18.4 Å². The monoisotopic (exact) mass is 397 g/mol. The molecule has 27 heavy (non-hydrogen) atoms. The number of fused-ring (bicyclic) bond motifs is 2. The van der Waals surface area contributed by atoms with Gasteiger partial charge in [-0.1, -0.05) is 23.5 Å². The van der Waals surface area contributed by atoms with Crippen LogP contribution in [0.5, 0.6) is 0 Å². The fourth-order valence-electron chi connectivity index (χ4n) is 2.73. The third-order valence-corrected chi connectivity index (χ3v) is 5.81. The Balaban J connectivity index is 1.79. The van der Waals surface area contributed by atoms with Gasteiger partial charge in [0.1, 0.15) is 6.54 Å². The second-order valence-electron chi connectivity index (χ2n) is 5.70. The Hall–Kier alpha value is -2.84. The Morgan fingerprint density at radius 2 is 2.04 bits per heavy atom. The van der Waals surface area contributed by atoms with Gasteiger partial charge in [0.2, 0.25) is 0 Å². The molecule has 2 aromatic carbocycles. The largest absolute Gasteiger partial charge is 0.465 e. The number of hydrogen-bond donors (Lipinski definition) is 0. The van der Waals surface area contributed by atoms with E-state index in [9.17, 15) is 9.59 Å². The van der Waals surface area contributed by atoms with Crippen LogP contribution in [0.2, 0.25) is 0 Å². The maximum absolute atomic E-state index is 12.7. The van der Waals surface area contributed by atoms with Crippen molar-refractivity contribution < 1.29 is 14.3 Å². The number of thiazole rings is 2. The molecule has 4 aromatic rings. The number of carbonyl (C=O) groups excluding carboxylic acids is 2. The van der Waals surface area contributed by atoms with Gasteiger partial charge in [-0.05, 0) is 37.3 Å². The van der Waals surface area contributed by atoms with Crippen molar-refractivity contribution in [3.8, 4) is 0 Å². The zero-order valence-corrected chi connectivity index (χ0v) is 16.0. The normalized spacial score (nSPS) is 12.0. The van der Waals surface area contributed by atoms with Gasteiger partial charge in [-0.15, -0.1) is 11.3 Å². The zero-order valence-electron chi connectivity index (χ0n) is 14.4. The molecule has 8 heteroatoms. The first-order valence-corrected chi connectivity index (χ1v) is 10.0. The summed E-state index contributed by atoms with van der Waals surface area (Å²) in [5, 5.41) is 0. The molecule has 1 amide bonds. The number of hydrogen-bond acceptors (Lipinski definition) is 6. The third kappa shape index (κ3) is 3.54. The molecule has 136 valence electrons. The highest BCUT2D eigenvalue weighted by molar-refractivity contribution is 7.17. The van der Waals surface area contributed by atoms with Gasteiger partial charge in [-0.25, -0.2) is 4.98 Å². The number of para-hydroxylation sites is 1. The highest BCUT2D eigenvalue weighted by Gasteiger charge is 2.13. The fourth-order valence-corrected chi connectivity index (χ4v) is 4.48. The quantitative estimate of drug-likeness (QED) is 0.493. The van der Waals surface area contributed by atoms with Gasteiger partial charge in [-0.3, -0.25) is 9.59 Å². The van der Waals surface area contributed by atoms with Crippen LogP contribution in [0.25, 0.3) is 20.4 Å². The van der Waals surface area contributed by atoms with Crippen LogP contribution in [0.15, 0.2) is 53.0 Å². The molecule has 6 nitrogen and oxygen atoms in total. The highest BCUT2D eigenvalue weighted by atomic mass is 32.1. The summed E-state index contributed by atoms with van der Waals surface area (Å²) in [6, 6.07) is 13.0. The van der Waals surface area contributed by atoms with Crippen molar-refractivity contribution in [3.05, 3.63) is 58.3 Å². The van der Waals surface area contributed by atoms with E-state index in [4.69, 9.17) is 4.74 Å². The minimum Gasteiger partial charge on any atom is -0.465 e. The van der Waals surface area contributed by atoms with Crippen LogP contribution < -0.4 is 4.80 Å². The highest BCUT2D eigenvalue weighted by Crippen LogP contribution is 2.20. The Bertz CT molecular complexity index is 1220. The SMILES string of the molecule is CCOC(=O)Cn1c(=NC(=O)c2ccc3ncsc3c2)sc2ccccc21. The molecule has 0 atom stereocenters. The van der Waals surface area contributed by atoms with Gasteiger partial charge in [0.15, 0.2) is 4.80 Å². The summed E-state index contributed by atoms with van der Waals surface area (Å²) in [4.78, 5) is 33.7. The van der Waals surface area contributed by atoms with E-state index < -0.39 is 0 Å². The molecule has 0 bridgehead atoms. The Kier molecular flexibility index (Phi) is 4.83. The van der Waals surface area contributed by atoms with Crippen molar-refractivity contribution in [3.63, 3.8) is 0 Å². The number of aromatic nitrogens is 2. The van der Waals surface area contributed by atoms with Gasteiger partial charge in [0, 0.05) is 5.56 Å². The summed E-state index contributed by atoms with van der Waals surface area (Å²) < 4.78 is 8.67. The standard InChI is InChI=1S/C19H15N3O3S2/c1-2-25-17(23)10-22-14-5-3-4-6-15(14)27-19(22)21-18(24)12-7-8-13-16(9-12)26-11-20-13/h3-9,11H,2,10H2,1H3. The van der Waals surface area contributed by atoms with E-state index in [1.165, 1.54) is 22.7 Å². The number of nitrogens with zero attached hydrogens (tertiary/aromatic N) is 3. The van der Waals surface area contributed by atoms with E-state index in [0.717, 1.165) is 20.4 Å². The molecule has 0 N–H and O–H groups in total. The fraction of sp³-hybridized carbons (Fsp3) is 0.158. The molecule has 0 fully saturated rings. The van der Waals surface area contributed by atoms with Crippen molar-refractivity contribution in [2.24, 2.45) is 4.99 Å². The van der Waals surface area contributed by atoms with Crippen LogP contribution in [0.1, 0.15) is 17.3 Å². The lowest BCUT2D eigenvalue weighted by Crippen LogP contribution is -2.23. The number of carbonyl (C=O) groups is 2. The van der Waals surface area contributed by atoms with Gasteiger partial charge in [-0.2, -0.15) is 4.99 Å². The Morgan fingerprint density at radius 3 is 2.89 bits per heavy atom. The van der Waals surface area contributed by atoms with Gasteiger partial charge in [0.05, 0.1) is 32.6 Å². The summed E-state index contributed by atoms with van der Waals surface area (Å²) in [5.74, 6) is -0.713. The summed E-state index contributed by atoms with van der Waals surface area (Å²) in [5.41, 5.74) is 3.94. The molecular weight excluding hydrogens is 382 g/mol. The smallest absolute Gasteiger partial charge is 0.326 e. The molecular formula is C19H15N3O3S2. The van der Waals surface area contributed by atoms with Crippen LogP contribution in [0, 0.1) is 0 Å². The lowest BCUT2D eigenvalue weighted by molar-refractivity contribution is -0.143. The van der Waals surface area contributed by atoms with Crippen LogP contribution in [-0.4, -0.2) is 28.0 Å². The maximum atomic E-state index is 12.7. The number of ether oxygens (including phenoxy) is 1. The van der Waals surface area contributed by atoms with Crippen LogP contribution in [0.3, 0.4) is 0 Å². The maximum Gasteiger partial charge on any atom is 0.326 e. The molecule has 0 saturated carbocycles. The predicted octanol–water partition coefficient (Wildman–Crippen LogP) is 3.62. The van der Waals surface area contributed by atoms with Crippen LogP contribution >= 0.6 is 22.7 Å². The molecule has 4 rings (SSSR count). The number of amides is 1. The van der Waals surface area contributed by atoms with Crippen molar-refractivity contribution in [1.29, 1.82) is 0 Å². The predicted molar refractivity (Wildman–Crippen MR) is 106 cm³/mol. The molecule has 0 radical (unpaired) electrons. The molecule has 0 aliphatic rings. The molecule has 0 aliphatic heterocycles. The minimum absolute atomic E-state index is 0.0118. The molecule has 0 unspecified atom stereocenters. The number of rotatable bonds is 4. The lowest BCUT2D eigenvalue weighted by Gasteiger charge is -2.05. The van der Waals surface area contributed by atoms with Crippen LogP contribution in [0.4, 0.5) is 0 Å². The summed E-state index contributed by atoms with van der Waals surface area (Å²) in [6.45, 7) is 2.08. The first kappa shape index (κ1) is 17.6. The van der Waals surface area contributed by atoms with E-state index in [0.29, 0.717) is 17.0 Å². The second-order valence-corrected chi connectivity index (χ2v) is 7.59. The number of benzene rings is 2. The van der Waals surface area contributed by atoms with E-state index in [2.05, 4.69) is 9.98 Å². The summed E-state index contributed by atoms with van der Waals surface area (Å²) in [6.07, 6.45) is 0. The summed E-state index contributed by atoms with van der Waals surface area (Å²) >= 11 is 2.85. The third-order valence-electron chi connectivity index (χ3n) is 3.96. The van der Waals surface area contributed by atoms with Gasteiger partial charge < -0.3 is 9.30 Å². The molecule has 0 aliphatic carbocycles. The first-order chi connectivity index (χ1) is 13.2.